The van der Waals surface area contributed by atoms with Crippen LogP contribution in [0.4, 0.5) is 0 Å². The van der Waals surface area contributed by atoms with Crippen LogP contribution in [0.25, 0.3) is 0 Å². The zero-order valence-corrected chi connectivity index (χ0v) is 27.9. The molecule has 1 rings (SSSR count). The van der Waals surface area contributed by atoms with Crippen LogP contribution in [-0.4, -0.2) is 121 Å². The predicted molar refractivity (Wildman–Crippen MR) is 157 cm³/mol. The summed E-state index contributed by atoms with van der Waals surface area (Å²) in [6, 6.07) is 0. The normalized spacial score (nSPS) is 24.7. The second-order valence-corrected chi connectivity index (χ2v) is 14.2. The summed E-state index contributed by atoms with van der Waals surface area (Å²) in [5.41, 5.74) is 0. The third-order valence-electron chi connectivity index (χ3n) is 6.81. The van der Waals surface area contributed by atoms with Crippen LogP contribution in [0.2, 0.25) is 0 Å². The maximum atomic E-state index is 12.1. The maximum absolute atomic E-state index is 12.1. The Hall–Kier alpha value is 0.0900. The monoisotopic (exact) mass is 720 g/mol. The van der Waals surface area contributed by atoms with Crippen LogP contribution in [-0.2, 0) is 41.5 Å². The molecule has 6 atom stereocenters. The minimum Gasteiger partial charge on any atom is -0.396 e. The molecule has 1 aliphatic rings. The Bertz CT molecular complexity index is 858. The molecule has 0 aliphatic heterocycles. The fourth-order valence-corrected chi connectivity index (χ4v) is 6.56. The van der Waals surface area contributed by atoms with E-state index < -0.39 is 60.1 Å². The molecule has 0 bridgehead atoms. The molecule has 9 N–H and O–H groups in total. The lowest BCUT2D eigenvalue weighted by Crippen LogP contribution is -2.67. The summed E-state index contributed by atoms with van der Waals surface area (Å²) < 4.78 is 68.8. The van der Waals surface area contributed by atoms with Crippen LogP contribution in [0.1, 0.15) is 77.0 Å². The van der Waals surface area contributed by atoms with Crippen molar-refractivity contribution in [1.82, 2.24) is 0 Å². The zero-order valence-electron chi connectivity index (χ0n) is 25.2. The van der Waals surface area contributed by atoms with Gasteiger partial charge in [-0.2, -0.15) is 0 Å². The van der Waals surface area contributed by atoms with Crippen molar-refractivity contribution in [1.29, 1.82) is 0 Å². The van der Waals surface area contributed by atoms with E-state index in [2.05, 4.69) is 0 Å². The number of hydrogen-bond donors (Lipinski definition) is 9. The minimum absolute atomic E-state index is 0.00189. The molecule has 0 unspecified atom stereocenters. The van der Waals surface area contributed by atoms with Crippen molar-refractivity contribution < 1.29 is 86.2 Å². The van der Waals surface area contributed by atoms with E-state index >= 15 is 0 Å². The standard InChI is InChI=1S/C24H51O18P3/c25-13-7-1-4-10-16-37-19-20(38-17-11-5-2-8-14-26)22(40-43(28,29)30)24(42-45(34,35)36)23(41-44(31,32)33)21(19)39-18-12-6-3-9-15-27/h19-27H,1-18H2,(H2,28,29,30)(H2,31,32,33)(H2,34,35,36)/t19-,20-,21+,22-,23-,24-/m0/s1. The van der Waals surface area contributed by atoms with E-state index in [-0.39, 0.29) is 39.6 Å². The van der Waals surface area contributed by atoms with E-state index in [1.165, 1.54) is 0 Å². The Kier molecular flexibility index (Phi) is 21.7. The second-order valence-electron chi connectivity index (χ2n) is 10.6. The molecule has 21 heteroatoms. The summed E-state index contributed by atoms with van der Waals surface area (Å²) in [5.74, 6) is 0. The number of phosphoric acid groups is 3. The lowest BCUT2D eigenvalue weighted by atomic mass is 9.84. The van der Waals surface area contributed by atoms with Gasteiger partial charge in [0.15, 0.2) is 0 Å². The van der Waals surface area contributed by atoms with E-state index in [1.54, 1.807) is 0 Å². The molecule has 0 amide bonds. The van der Waals surface area contributed by atoms with Crippen LogP contribution >= 0.6 is 23.5 Å². The van der Waals surface area contributed by atoms with Gasteiger partial charge >= 0.3 is 23.5 Å². The van der Waals surface area contributed by atoms with E-state index in [0.717, 1.165) is 0 Å². The largest absolute Gasteiger partial charge is 0.470 e. The zero-order chi connectivity index (χ0) is 33.9. The third kappa shape index (κ3) is 19.6. The van der Waals surface area contributed by atoms with Crippen LogP contribution in [0.3, 0.4) is 0 Å². The first-order valence-electron chi connectivity index (χ1n) is 15.0. The number of phosphoric ester groups is 3. The predicted octanol–water partition coefficient (Wildman–Crippen LogP) is 1.25. The smallest absolute Gasteiger partial charge is 0.396 e. The SMILES string of the molecule is O=P(O)(O)O[C@@H]1[C@@H](OP(=O)(O)O)[C@H](OCCCCCCO)[C@@H](OCCCCCCO)[C@H](OCCCCCCO)[C@@H]1OP(=O)(O)O. The molecule has 1 aliphatic carbocycles. The first kappa shape index (κ1) is 43.1. The molecule has 0 aromatic rings. The summed E-state index contributed by atoms with van der Waals surface area (Å²) in [5, 5.41) is 27.1. The summed E-state index contributed by atoms with van der Waals surface area (Å²) in [7, 11) is -16.5. The maximum Gasteiger partial charge on any atom is 0.470 e. The fourth-order valence-electron chi connectivity index (χ4n) is 4.89. The van der Waals surface area contributed by atoms with E-state index in [4.69, 9.17) is 43.1 Å². The van der Waals surface area contributed by atoms with Crippen molar-refractivity contribution in [3.05, 3.63) is 0 Å². The van der Waals surface area contributed by atoms with Crippen LogP contribution in [0.5, 0.6) is 0 Å². The molecule has 0 aromatic carbocycles. The Morgan fingerprint density at radius 1 is 0.356 bits per heavy atom. The van der Waals surface area contributed by atoms with Crippen LogP contribution in [0.15, 0.2) is 0 Å². The van der Waals surface area contributed by atoms with Gasteiger partial charge in [-0.1, -0.05) is 38.5 Å². The number of ether oxygens (including phenoxy) is 3. The van der Waals surface area contributed by atoms with Crippen molar-refractivity contribution >= 4 is 23.5 Å². The first-order valence-corrected chi connectivity index (χ1v) is 19.6. The van der Waals surface area contributed by atoms with E-state index in [1.807, 2.05) is 0 Å². The summed E-state index contributed by atoms with van der Waals surface area (Å²) >= 11 is 0. The molecule has 0 heterocycles. The highest BCUT2D eigenvalue weighted by Gasteiger charge is 2.59. The highest BCUT2D eigenvalue weighted by Crippen LogP contribution is 2.51. The van der Waals surface area contributed by atoms with Gasteiger partial charge in [-0.15, -0.1) is 0 Å². The van der Waals surface area contributed by atoms with Crippen LogP contribution in [0, 0.1) is 0 Å². The average Bonchev–Trinajstić information content (AvgIpc) is 2.92. The quantitative estimate of drug-likeness (QED) is 0.0426. The van der Waals surface area contributed by atoms with Crippen molar-refractivity contribution in [3.8, 4) is 0 Å². The van der Waals surface area contributed by atoms with Gasteiger partial charge in [0.2, 0.25) is 0 Å². The molecular formula is C24H51O18P3. The molecule has 270 valence electrons. The second kappa shape index (κ2) is 22.7. The summed E-state index contributed by atoms with van der Waals surface area (Å²) in [4.78, 5) is 58.4. The lowest BCUT2D eigenvalue weighted by Gasteiger charge is -2.49. The van der Waals surface area contributed by atoms with E-state index in [0.29, 0.717) is 77.0 Å². The number of rotatable bonds is 27. The summed E-state index contributed by atoms with van der Waals surface area (Å²) in [6.07, 6.45) is -4.24. The Morgan fingerprint density at radius 2 is 0.578 bits per heavy atom. The molecule has 0 radical (unpaired) electrons. The van der Waals surface area contributed by atoms with E-state index in [9.17, 15) is 43.1 Å². The molecule has 45 heavy (non-hydrogen) atoms. The highest BCUT2D eigenvalue weighted by atomic mass is 31.2. The Labute approximate surface area is 263 Å². The number of unbranched alkanes of at least 4 members (excludes halogenated alkanes) is 9. The van der Waals surface area contributed by atoms with Gasteiger partial charge in [0.25, 0.3) is 0 Å². The molecule has 0 saturated heterocycles. The van der Waals surface area contributed by atoms with Crippen LogP contribution < -0.4 is 0 Å². The minimum atomic E-state index is -5.52. The lowest BCUT2D eigenvalue weighted by molar-refractivity contribution is -0.248. The van der Waals surface area contributed by atoms with Gasteiger partial charge in [-0.25, -0.2) is 13.7 Å². The molecular weight excluding hydrogens is 669 g/mol. The van der Waals surface area contributed by atoms with Crippen molar-refractivity contribution in [3.63, 3.8) is 0 Å². The third-order valence-corrected chi connectivity index (χ3v) is 8.36. The molecule has 0 aromatic heterocycles. The molecule has 1 saturated carbocycles. The topological polar surface area (TPSA) is 289 Å². The van der Waals surface area contributed by atoms with Gasteiger partial charge in [-0.3, -0.25) is 13.6 Å². The highest BCUT2D eigenvalue weighted by molar-refractivity contribution is 7.47. The molecule has 1 fully saturated rings. The van der Waals surface area contributed by atoms with Gasteiger partial charge < -0.3 is 58.9 Å². The Morgan fingerprint density at radius 3 is 0.822 bits per heavy atom. The van der Waals surface area contributed by atoms with Crippen molar-refractivity contribution in [2.75, 3.05) is 39.6 Å². The van der Waals surface area contributed by atoms with Gasteiger partial charge in [-0.05, 0) is 38.5 Å². The van der Waals surface area contributed by atoms with Gasteiger partial charge in [0.05, 0.1) is 0 Å². The summed E-state index contributed by atoms with van der Waals surface area (Å²) in [6.45, 7) is -0.162. The average molecular weight is 721 g/mol. The number of aliphatic hydroxyl groups excluding tert-OH is 3. The van der Waals surface area contributed by atoms with Gasteiger partial charge in [0, 0.05) is 39.6 Å². The van der Waals surface area contributed by atoms with Crippen molar-refractivity contribution in [2.24, 2.45) is 0 Å². The van der Waals surface area contributed by atoms with Crippen molar-refractivity contribution in [2.45, 2.75) is 114 Å². The first-order chi connectivity index (χ1) is 21.1. The van der Waals surface area contributed by atoms with Gasteiger partial charge in [0.1, 0.15) is 36.6 Å². The fraction of sp³-hybridized carbons (Fsp3) is 1.00. The molecule has 0 spiro atoms. The molecule has 18 nitrogen and oxygen atoms in total. The Balaban J connectivity index is 3.55. The number of aliphatic hydroxyl groups is 3. The number of hydrogen-bond acceptors (Lipinski definition) is 12.